The molecule has 0 aliphatic heterocycles. The second-order valence-electron chi connectivity index (χ2n) is 6.77. The average Bonchev–Trinajstić information content (AvgIpc) is 2.57. The monoisotopic (exact) mass is 374 g/mol. The van der Waals surface area contributed by atoms with Gasteiger partial charge in [-0.3, -0.25) is 19.3 Å². The van der Waals surface area contributed by atoms with E-state index in [4.69, 9.17) is 12.2 Å². The Morgan fingerprint density at radius 2 is 1.96 bits per heavy atom. The van der Waals surface area contributed by atoms with Crippen LogP contribution in [0, 0.1) is 4.77 Å². The largest absolute Gasteiger partial charge is 0.494 e. The number of nitrogens with one attached hydrogen (secondary N) is 1. The molecular formula is C19H26N4O2S. The lowest BCUT2D eigenvalue weighted by Gasteiger charge is -2.12. The van der Waals surface area contributed by atoms with E-state index in [9.17, 15) is 9.90 Å². The molecule has 0 saturated carbocycles. The maximum Gasteiger partial charge on any atom is 0.264 e. The van der Waals surface area contributed by atoms with E-state index in [0.717, 1.165) is 13.0 Å². The second-order valence-corrected chi connectivity index (χ2v) is 7.16. The second kappa shape index (κ2) is 8.91. The molecule has 0 aliphatic rings. The zero-order valence-corrected chi connectivity index (χ0v) is 16.5. The summed E-state index contributed by atoms with van der Waals surface area (Å²) < 4.78 is 1.59. The fourth-order valence-electron chi connectivity index (χ4n) is 2.54. The van der Waals surface area contributed by atoms with Gasteiger partial charge in [0.2, 0.25) is 5.88 Å². The Hall–Kier alpha value is -2.25. The molecule has 0 fully saturated rings. The molecule has 0 bridgehead atoms. The quantitative estimate of drug-likeness (QED) is 0.444. The van der Waals surface area contributed by atoms with Crippen LogP contribution in [0.25, 0.3) is 5.69 Å². The molecule has 0 amide bonds. The highest BCUT2D eigenvalue weighted by Gasteiger charge is 2.12. The summed E-state index contributed by atoms with van der Waals surface area (Å²) in [5.74, 6) is 0.207. The van der Waals surface area contributed by atoms with Crippen LogP contribution in [0.15, 0.2) is 34.1 Å². The lowest BCUT2D eigenvalue weighted by Crippen LogP contribution is -2.18. The molecule has 0 unspecified atom stereocenters. The van der Waals surface area contributed by atoms with Crippen LogP contribution in [0.1, 0.15) is 37.3 Å². The third kappa shape index (κ3) is 4.89. The van der Waals surface area contributed by atoms with E-state index in [1.54, 1.807) is 0 Å². The number of aromatic hydroxyl groups is 1. The van der Waals surface area contributed by atoms with Crippen LogP contribution in [-0.2, 0) is 0 Å². The van der Waals surface area contributed by atoms with Gasteiger partial charge in [-0.2, -0.15) is 0 Å². The van der Waals surface area contributed by atoms with Gasteiger partial charge < -0.3 is 10.0 Å². The Balaban J connectivity index is 2.35. The van der Waals surface area contributed by atoms with E-state index < -0.39 is 5.56 Å². The zero-order valence-electron chi connectivity index (χ0n) is 15.7. The maximum atomic E-state index is 12.2. The first kappa shape index (κ1) is 20.1. The van der Waals surface area contributed by atoms with E-state index in [-0.39, 0.29) is 16.2 Å². The topological polar surface area (TPSA) is 73.6 Å². The number of nitrogens with zero attached hydrogens (tertiary/aromatic N) is 3. The van der Waals surface area contributed by atoms with Crippen LogP contribution in [0.5, 0.6) is 5.88 Å². The van der Waals surface area contributed by atoms with Crippen molar-refractivity contribution in [2.24, 2.45) is 4.99 Å². The minimum Gasteiger partial charge on any atom is -0.494 e. The fraction of sp³-hybridized carbons (Fsp3) is 0.421. The van der Waals surface area contributed by atoms with Crippen molar-refractivity contribution in [1.29, 1.82) is 0 Å². The molecule has 1 heterocycles. The Morgan fingerprint density at radius 3 is 2.54 bits per heavy atom. The lowest BCUT2D eigenvalue weighted by molar-refractivity contribution is 0.403. The van der Waals surface area contributed by atoms with Gasteiger partial charge in [-0.1, -0.05) is 26.0 Å². The molecule has 6 nitrogen and oxygen atoms in total. The van der Waals surface area contributed by atoms with E-state index >= 15 is 0 Å². The average molecular weight is 375 g/mol. The smallest absolute Gasteiger partial charge is 0.264 e. The number of aliphatic imine (C=N–C) groups is 1. The molecule has 2 rings (SSSR count). The van der Waals surface area contributed by atoms with Gasteiger partial charge in [0.05, 0.1) is 5.69 Å². The normalized spacial score (nSPS) is 11.8. The van der Waals surface area contributed by atoms with Crippen molar-refractivity contribution >= 4 is 18.4 Å². The number of benzene rings is 1. The highest BCUT2D eigenvalue weighted by molar-refractivity contribution is 7.71. The fourth-order valence-corrected chi connectivity index (χ4v) is 2.82. The number of hydrogen-bond acceptors (Lipinski definition) is 5. The first-order valence-electron chi connectivity index (χ1n) is 8.64. The maximum absolute atomic E-state index is 12.2. The molecule has 7 heteroatoms. The van der Waals surface area contributed by atoms with Gasteiger partial charge in [-0.25, -0.2) is 0 Å². The number of hydrogen-bond donors (Lipinski definition) is 2. The summed E-state index contributed by atoms with van der Waals surface area (Å²) in [6, 6.07) is 7.73. The Labute approximate surface area is 158 Å². The Morgan fingerprint density at radius 1 is 1.31 bits per heavy atom. The molecule has 2 N–H and O–H groups in total. The van der Waals surface area contributed by atoms with Gasteiger partial charge in [-0.15, -0.1) is 0 Å². The van der Waals surface area contributed by atoms with Crippen LogP contribution in [0.3, 0.4) is 0 Å². The van der Waals surface area contributed by atoms with E-state index in [0.29, 0.717) is 18.2 Å². The molecule has 0 radical (unpaired) electrons. The number of aromatic amines is 1. The first-order valence-corrected chi connectivity index (χ1v) is 9.05. The third-order valence-electron chi connectivity index (χ3n) is 4.05. The van der Waals surface area contributed by atoms with E-state index in [1.807, 2.05) is 38.4 Å². The Bertz CT molecular complexity index is 880. The van der Waals surface area contributed by atoms with Crippen molar-refractivity contribution in [2.75, 3.05) is 27.2 Å². The van der Waals surface area contributed by atoms with Crippen LogP contribution in [0.4, 0.5) is 0 Å². The summed E-state index contributed by atoms with van der Waals surface area (Å²) in [5, 5.41) is 10.6. The van der Waals surface area contributed by atoms with Crippen LogP contribution in [-0.4, -0.2) is 53.0 Å². The highest BCUT2D eigenvalue weighted by Crippen LogP contribution is 2.21. The summed E-state index contributed by atoms with van der Waals surface area (Å²) >= 11 is 5.23. The molecule has 26 heavy (non-hydrogen) atoms. The van der Waals surface area contributed by atoms with Crippen molar-refractivity contribution in [1.82, 2.24) is 14.5 Å². The highest BCUT2D eigenvalue weighted by atomic mass is 32.1. The van der Waals surface area contributed by atoms with Crippen molar-refractivity contribution in [3.63, 3.8) is 0 Å². The minimum absolute atomic E-state index is 0.108. The molecule has 0 spiro atoms. The number of rotatable bonds is 7. The van der Waals surface area contributed by atoms with E-state index in [1.165, 1.54) is 16.3 Å². The third-order valence-corrected chi connectivity index (χ3v) is 4.34. The van der Waals surface area contributed by atoms with Crippen molar-refractivity contribution in [3.8, 4) is 11.6 Å². The molecular weight excluding hydrogens is 348 g/mol. The molecule has 2 aromatic rings. The van der Waals surface area contributed by atoms with Crippen molar-refractivity contribution < 1.29 is 5.11 Å². The van der Waals surface area contributed by atoms with Gasteiger partial charge >= 0.3 is 0 Å². The molecule has 1 aromatic heterocycles. The minimum atomic E-state index is -0.445. The van der Waals surface area contributed by atoms with Gasteiger partial charge in [-0.05, 0) is 62.9 Å². The Kier molecular flexibility index (Phi) is 6.88. The van der Waals surface area contributed by atoms with Crippen molar-refractivity contribution in [3.05, 3.63) is 50.5 Å². The van der Waals surface area contributed by atoms with E-state index in [2.05, 4.69) is 28.7 Å². The number of H-pyrrole nitrogens is 1. The van der Waals surface area contributed by atoms with Gasteiger partial charge in [0.15, 0.2) is 4.77 Å². The summed E-state index contributed by atoms with van der Waals surface area (Å²) in [6.07, 6.45) is 2.29. The van der Waals surface area contributed by atoms with Gasteiger partial charge in [0.25, 0.3) is 5.56 Å². The number of aromatic nitrogens is 2. The summed E-state index contributed by atoms with van der Waals surface area (Å²) in [5.41, 5.74) is 1.54. The SMILES string of the molecule is CC(C)c1ccc(-n2c(O)c(C=NCCCN(C)C)c(=O)[nH]c2=S)cc1. The van der Waals surface area contributed by atoms with Crippen molar-refractivity contribution in [2.45, 2.75) is 26.2 Å². The summed E-state index contributed by atoms with van der Waals surface area (Å²) in [6.45, 7) is 5.72. The van der Waals surface area contributed by atoms with Crippen LogP contribution >= 0.6 is 12.2 Å². The standard InChI is InChI=1S/C19H26N4O2S/c1-13(2)14-6-8-15(9-7-14)23-18(25)16(17(24)21-19(23)26)12-20-10-5-11-22(3)4/h6-9,12-13,25H,5,10-11H2,1-4H3,(H,21,24,26). The van der Waals surface area contributed by atoms with Crippen LogP contribution < -0.4 is 5.56 Å². The predicted octanol–water partition coefficient (Wildman–Crippen LogP) is 3.09. The molecule has 0 saturated heterocycles. The molecule has 1 aromatic carbocycles. The van der Waals surface area contributed by atoms with Gasteiger partial charge in [0.1, 0.15) is 5.56 Å². The first-order chi connectivity index (χ1) is 12.3. The summed E-state index contributed by atoms with van der Waals surface area (Å²) in [4.78, 5) is 21.1. The molecule has 140 valence electrons. The van der Waals surface area contributed by atoms with Gasteiger partial charge in [0, 0.05) is 12.8 Å². The van der Waals surface area contributed by atoms with Crippen LogP contribution in [0.2, 0.25) is 0 Å². The predicted molar refractivity (Wildman–Crippen MR) is 109 cm³/mol. The lowest BCUT2D eigenvalue weighted by atomic mass is 10.0. The molecule has 0 atom stereocenters. The zero-order chi connectivity index (χ0) is 19.3. The summed E-state index contributed by atoms with van der Waals surface area (Å²) in [7, 11) is 3.99. The molecule has 0 aliphatic carbocycles.